The Kier molecular flexibility index (Phi) is 6.68. The van der Waals surface area contributed by atoms with Crippen molar-refractivity contribution in [1.82, 2.24) is 4.90 Å². The highest BCUT2D eigenvalue weighted by Gasteiger charge is 2.12. The van der Waals surface area contributed by atoms with Crippen LogP contribution in [0.1, 0.15) is 32.3 Å². The summed E-state index contributed by atoms with van der Waals surface area (Å²) in [5.74, 6) is 0.594. The normalized spacial score (nSPS) is 13.0. The van der Waals surface area contributed by atoms with Gasteiger partial charge in [-0.15, -0.1) is 0 Å². The van der Waals surface area contributed by atoms with Gasteiger partial charge in [-0.2, -0.15) is 0 Å². The van der Waals surface area contributed by atoms with Crippen molar-refractivity contribution in [1.29, 1.82) is 0 Å². The molecule has 0 radical (unpaired) electrons. The van der Waals surface area contributed by atoms with Crippen molar-refractivity contribution >= 4 is 25.6 Å². The van der Waals surface area contributed by atoms with Gasteiger partial charge < -0.3 is 4.90 Å². The predicted octanol–water partition coefficient (Wildman–Crippen LogP) is 3.05. The summed E-state index contributed by atoms with van der Waals surface area (Å²) in [5, 5.41) is 0. The van der Waals surface area contributed by atoms with Crippen LogP contribution in [-0.4, -0.2) is 32.8 Å². The number of hydrogen-bond donors (Lipinski definition) is 0. The van der Waals surface area contributed by atoms with Gasteiger partial charge in [0.25, 0.3) is 9.05 Å². The molecule has 0 aromatic heterocycles. The van der Waals surface area contributed by atoms with Gasteiger partial charge in [-0.05, 0) is 30.0 Å². The fourth-order valence-electron chi connectivity index (χ4n) is 1.96. The van der Waals surface area contributed by atoms with Crippen molar-refractivity contribution in [3.8, 4) is 0 Å². The maximum Gasteiger partial charge on any atom is 0.261 e. The minimum absolute atomic E-state index is 0.0770. The zero-order valence-corrected chi connectivity index (χ0v) is 14.2. The maximum absolute atomic E-state index is 12.0. The number of rotatable bonds is 7. The van der Waals surface area contributed by atoms with E-state index >= 15 is 0 Å². The van der Waals surface area contributed by atoms with Gasteiger partial charge in [0, 0.05) is 30.7 Å². The van der Waals surface area contributed by atoms with Gasteiger partial charge in [0.1, 0.15) is 0 Å². The molecule has 0 N–H and O–H groups in total. The van der Waals surface area contributed by atoms with Gasteiger partial charge in [-0.3, -0.25) is 4.79 Å². The van der Waals surface area contributed by atoms with E-state index in [2.05, 4.69) is 13.8 Å². The van der Waals surface area contributed by atoms with Crippen LogP contribution >= 0.6 is 10.7 Å². The van der Waals surface area contributed by atoms with Crippen LogP contribution in [0.15, 0.2) is 29.2 Å². The van der Waals surface area contributed by atoms with E-state index in [1.54, 1.807) is 17.0 Å². The van der Waals surface area contributed by atoms with Crippen molar-refractivity contribution in [2.75, 3.05) is 13.6 Å². The molecule has 0 aliphatic carbocycles. The summed E-state index contributed by atoms with van der Waals surface area (Å²) < 4.78 is 22.3. The Hall–Kier alpha value is -1.07. The minimum Gasteiger partial charge on any atom is -0.345 e. The largest absolute Gasteiger partial charge is 0.345 e. The number of carbonyl (C=O) groups is 1. The highest BCUT2D eigenvalue weighted by molar-refractivity contribution is 8.13. The van der Waals surface area contributed by atoms with Crippen molar-refractivity contribution in [2.24, 2.45) is 5.92 Å². The number of benzene rings is 1. The molecular formula is C15H22ClNO3S. The molecule has 6 heteroatoms. The van der Waals surface area contributed by atoms with E-state index < -0.39 is 9.05 Å². The highest BCUT2D eigenvalue weighted by Crippen LogP contribution is 2.16. The first-order chi connectivity index (χ1) is 9.74. The van der Waals surface area contributed by atoms with Crippen LogP contribution in [0.3, 0.4) is 0 Å². The Balaban J connectivity index is 2.53. The van der Waals surface area contributed by atoms with Gasteiger partial charge >= 0.3 is 0 Å². The van der Waals surface area contributed by atoms with Crippen LogP contribution in [-0.2, 0) is 20.3 Å². The average Bonchev–Trinajstić information content (AvgIpc) is 2.43. The SMILES string of the molecule is CCC(C)CN(C)C(=O)CCc1ccc(S(=O)(=O)Cl)cc1. The second-order valence-electron chi connectivity index (χ2n) is 5.37. The van der Waals surface area contributed by atoms with Gasteiger partial charge in [-0.25, -0.2) is 8.42 Å². The zero-order chi connectivity index (χ0) is 16.0. The molecule has 0 bridgehead atoms. The molecule has 118 valence electrons. The summed E-state index contributed by atoms with van der Waals surface area (Å²) in [4.78, 5) is 13.8. The molecule has 0 saturated carbocycles. The summed E-state index contributed by atoms with van der Waals surface area (Å²) >= 11 is 0. The molecule has 1 aromatic carbocycles. The molecule has 1 unspecified atom stereocenters. The minimum atomic E-state index is -3.68. The molecule has 0 aliphatic heterocycles. The molecule has 1 aromatic rings. The van der Waals surface area contributed by atoms with Crippen LogP contribution in [0.4, 0.5) is 0 Å². The molecule has 4 nitrogen and oxygen atoms in total. The first-order valence-electron chi connectivity index (χ1n) is 7.01. The molecular weight excluding hydrogens is 310 g/mol. The Morgan fingerprint density at radius 1 is 1.29 bits per heavy atom. The summed E-state index contributed by atoms with van der Waals surface area (Å²) in [5.41, 5.74) is 0.921. The van der Waals surface area contributed by atoms with Crippen LogP contribution in [0, 0.1) is 5.92 Å². The Morgan fingerprint density at radius 3 is 2.33 bits per heavy atom. The lowest BCUT2D eigenvalue weighted by molar-refractivity contribution is -0.130. The molecule has 0 spiro atoms. The van der Waals surface area contributed by atoms with Crippen LogP contribution in [0.2, 0.25) is 0 Å². The third-order valence-corrected chi connectivity index (χ3v) is 4.91. The lowest BCUT2D eigenvalue weighted by atomic mass is 10.1. The number of hydrogen-bond acceptors (Lipinski definition) is 3. The van der Waals surface area contributed by atoms with Crippen molar-refractivity contribution in [2.45, 2.75) is 38.0 Å². The zero-order valence-electron chi connectivity index (χ0n) is 12.7. The van der Waals surface area contributed by atoms with E-state index in [1.807, 2.05) is 7.05 Å². The molecule has 21 heavy (non-hydrogen) atoms. The van der Waals surface area contributed by atoms with Gasteiger partial charge in [0.05, 0.1) is 4.90 Å². The van der Waals surface area contributed by atoms with Gasteiger partial charge in [-0.1, -0.05) is 32.4 Å². The average molecular weight is 332 g/mol. The topological polar surface area (TPSA) is 54.5 Å². The second kappa shape index (κ2) is 7.80. The Morgan fingerprint density at radius 2 is 1.86 bits per heavy atom. The molecule has 0 heterocycles. The second-order valence-corrected chi connectivity index (χ2v) is 7.94. The maximum atomic E-state index is 12.0. The van der Waals surface area contributed by atoms with E-state index in [4.69, 9.17) is 10.7 Å². The summed E-state index contributed by atoms with van der Waals surface area (Å²) in [6.45, 7) is 4.99. The number of nitrogens with zero attached hydrogens (tertiary/aromatic N) is 1. The molecule has 1 atom stereocenters. The van der Waals surface area contributed by atoms with Crippen LogP contribution in [0.25, 0.3) is 0 Å². The fraction of sp³-hybridized carbons (Fsp3) is 0.533. The number of aryl methyl sites for hydroxylation is 1. The third kappa shape index (κ3) is 6.06. The third-order valence-electron chi connectivity index (χ3n) is 3.54. The van der Waals surface area contributed by atoms with Crippen molar-refractivity contribution < 1.29 is 13.2 Å². The van der Waals surface area contributed by atoms with Crippen molar-refractivity contribution in [3.63, 3.8) is 0 Å². The van der Waals surface area contributed by atoms with Gasteiger partial charge in [0.15, 0.2) is 0 Å². The number of amides is 1. The van der Waals surface area contributed by atoms with E-state index in [9.17, 15) is 13.2 Å². The smallest absolute Gasteiger partial charge is 0.261 e. The lowest BCUT2D eigenvalue weighted by Gasteiger charge is -2.20. The summed E-state index contributed by atoms with van der Waals surface area (Å²) in [7, 11) is 3.39. The summed E-state index contributed by atoms with van der Waals surface area (Å²) in [6.07, 6.45) is 2.05. The van der Waals surface area contributed by atoms with E-state index in [0.29, 0.717) is 18.8 Å². The first kappa shape index (κ1) is 18.0. The molecule has 0 saturated heterocycles. The van der Waals surface area contributed by atoms with Crippen LogP contribution in [0.5, 0.6) is 0 Å². The first-order valence-corrected chi connectivity index (χ1v) is 9.32. The van der Waals surface area contributed by atoms with E-state index in [-0.39, 0.29) is 10.8 Å². The molecule has 0 aliphatic rings. The fourth-order valence-corrected chi connectivity index (χ4v) is 2.73. The predicted molar refractivity (Wildman–Crippen MR) is 84.9 cm³/mol. The van der Waals surface area contributed by atoms with E-state index in [1.165, 1.54) is 12.1 Å². The summed E-state index contributed by atoms with van der Waals surface area (Å²) in [6, 6.07) is 6.31. The number of halogens is 1. The molecule has 1 amide bonds. The van der Waals surface area contributed by atoms with E-state index in [0.717, 1.165) is 18.5 Å². The standard InChI is InChI=1S/C15H22ClNO3S/c1-4-12(2)11-17(3)15(18)10-7-13-5-8-14(9-6-13)21(16,19)20/h5-6,8-9,12H,4,7,10-11H2,1-3H3. The Bertz CT molecular complexity index is 569. The monoisotopic (exact) mass is 331 g/mol. The van der Waals surface area contributed by atoms with Crippen molar-refractivity contribution in [3.05, 3.63) is 29.8 Å². The highest BCUT2D eigenvalue weighted by atomic mass is 35.7. The van der Waals surface area contributed by atoms with Gasteiger partial charge in [0.2, 0.25) is 5.91 Å². The van der Waals surface area contributed by atoms with Crippen LogP contribution < -0.4 is 0 Å². The number of carbonyl (C=O) groups excluding carboxylic acids is 1. The Labute approximate surface area is 131 Å². The quantitative estimate of drug-likeness (QED) is 0.721. The lowest BCUT2D eigenvalue weighted by Crippen LogP contribution is -2.31. The molecule has 1 rings (SSSR count). The molecule has 0 fully saturated rings.